The maximum Gasteiger partial charge on any atom is 0.239 e. The highest BCUT2D eigenvalue weighted by Gasteiger charge is 2.41. The summed E-state index contributed by atoms with van der Waals surface area (Å²) in [6.07, 6.45) is -0.292. The highest BCUT2D eigenvalue weighted by Crippen LogP contribution is 2.32. The van der Waals surface area contributed by atoms with E-state index in [0.29, 0.717) is 32.6 Å². The summed E-state index contributed by atoms with van der Waals surface area (Å²) in [5, 5.41) is 28.1. The third-order valence-corrected chi connectivity index (χ3v) is 8.82. The molecule has 5 rings (SSSR count). The number of hydrogen-bond donors (Lipinski definition) is 4. The minimum atomic E-state index is -1.92. The summed E-state index contributed by atoms with van der Waals surface area (Å²) in [5.41, 5.74) is 3.07. The van der Waals surface area contributed by atoms with Crippen molar-refractivity contribution in [3.63, 3.8) is 0 Å². The van der Waals surface area contributed by atoms with Gasteiger partial charge < -0.3 is 20.8 Å². The van der Waals surface area contributed by atoms with Crippen molar-refractivity contribution in [1.82, 2.24) is 25.4 Å². The summed E-state index contributed by atoms with van der Waals surface area (Å²) >= 11 is 0. The Morgan fingerprint density at radius 1 is 1.02 bits per heavy atom. The van der Waals surface area contributed by atoms with Crippen LogP contribution in [-0.4, -0.2) is 93.0 Å². The zero-order chi connectivity index (χ0) is 32.8. The van der Waals surface area contributed by atoms with Crippen LogP contribution in [0.15, 0.2) is 79.1 Å². The molecule has 1 aliphatic heterocycles. The Morgan fingerprint density at radius 2 is 1.74 bits per heavy atom. The van der Waals surface area contributed by atoms with Crippen molar-refractivity contribution in [2.24, 2.45) is 5.92 Å². The van der Waals surface area contributed by atoms with E-state index in [0.717, 1.165) is 22.3 Å². The minimum Gasteiger partial charge on any atom is -0.390 e. The van der Waals surface area contributed by atoms with Crippen molar-refractivity contribution >= 4 is 11.8 Å². The topological polar surface area (TPSA) is 118 Å². The van der Waals surface area contributed by atoms with Gasteiger partial charge in [-0.2, -0.15) is 0 Å². The molecular formula is C36H46FN5O4. The summed E-state index contributed by atoms with van der Waals surface area (Å²) in [6.45, 7) is 7.67. The van der Waals surface area contributed by atoms with Crippen molar-refractivity contribution in [3.05, 3.63) is 101 Å². The van der Waals surface area contributed by atoms with Crippen LogP contribution in [0.1, 0.15) is 49.1 Å². The molecule has 3 aromatic rings. The van der Waals surface area contributed by atoms with Crippen molar-refractivity contribution in [2.45, 2.75) is 76.2 Å². The molecule has 2 aliphatic rings. The van der Waals surface area contributed by atoms with Gasteiger partial charge in [-0.15, -0.1) is 0 Å². The minimum absolute atomic E-state index is 0.0716. The van der Waals surface area contributed by atoms with Gasteiger partial charge in [-0.05, 0) is 55.5 Å². The highest BCUT2D eigenvalue weighted by atomic mass is 19.1. The number of aliphatic hydroxyl groups is 2. The van der Waals surface area contributed by atoms with Crippen LogP contribution in [0.25, 0.3) is 0 Å². The lowest BCUT2D eigenvalue weighted by Gasteiger charge is -2.42. The van der Waals surface area contributed by atoms with Crippen molar-refractivity contribution in [2.75, 3.05) is 26.2 Å². The molecule has 10 heteroatoms. The number of aromatic nitrogens is 1. The van der Waals surface area contributed by atoms with E-state index >= 15 is 4.39 Å². The maximum atomic E-state index is 16.5. The zero-order valence-electron chi connectivity index (χ0n) is 26.8. The molecule has 0 radical (unpaired) electrons. The predicted molar refractivity (Wildman–Crippen MR) is 174 cm³/mol. The molecule has 0 bridgehead atoms. The van der Waals surface area contributed by atoms with Crippen LogP contribution < -0.4 is 10.6 Å². The number of halogens is 1. The molecule has 0 spiro atoms. The van der Waals surface area contributed by atoms with Gasteiger partial charge in [0.15, 0.2) is 0 Å². The van der Waals surface area contributed by atoms with E-state index in [1.54, 1.807) is 12.4 Å². The number of fused-ring (bicyclic) bond motifs is 1. The van der Waals surface area contributed by atoms with E-state index in [9.17, 15) is 19.8 Å². The molecule has 246 valence electrons. The molecule has 9 nitrogen and oxygen atoms in total. The first-order valence-corrected chi connectivity index (χ1v) is 16.1. The average molecular weight is 632 g/mol. The molecule has 1 aromatic heterocycles. The summed E-state index contributed by atoms with van der Waals surface area (Å²) in [6, 6.07) is 19.2. The van der Waals surface area contributed by atoms with Gasteiger partial charge in [-0.3, -0.25) is 24.4 Å². The Hall–Kier alpha value is -3.70. The number of carbonyl (C=O) groups excluding carboxylic acids is 2. The van der Waals surface area contributed by atoms with Crippen LogP contribution in [-0.2, 0) is 29.0 Å². The fraction of sp³-hybridized carbons (Fsp3) is 0.472. The van der Waals surface area contributed by atoms with E-state index < -0.39 is 47.8 Å². The fourth-order valence-electron chi connectivity index (χ4n) is 6.53. The molecule has 46 heavy (non-hydrogen) atoms. The van der Waals surface area contributed by atoms with E-state index in [2.05, 4.69) is 20.5 Å². The number of pyridine rings is 1. The van der Waals surface area contributed by atoms with Crippen molar-refractivity contribution in [3.8, 4) is 0 Å². The van der Waals surface area contributed by atoms with Crippen LogP contribution in [0.4, 0.5) is 4.39 Å². The van der Waals surface area contributed by atoms with Gasteiger partial charge in [0, 0.05) is 57.1 Å². The van der Waals surface area contributed by atoms with Gasteiger partial charge in [0.05, 0.1) is 24.2 Å². The second-order valence-corrected chi connectivity index (χ2v) is 13.6. The number of nitrogens with zero attached hydrogens (tertiary/aromatic N) is 3. The molecule has 2 aromatic carbocycles. The monoisotopic (exact) mass is 631 g/mol. The molecule has 1 saturated heterocycles. The highest BCUT2D eigenvalue weighted by molar-refractivity contribution is 5.83. The molecule has 6 atom stereocenters. The van der Waals surface area contributed by atoms with E-state index in [-0.39, 0.29) is 18.9 Å². The number of rotatable bonds is 11. The quantitative estimate of drug-likeness (QED) is 0.257. The number of carbonyl (C=O) groups is 2. The molecule has 2 amide bonds. The van der Waals surface area contributed by atoms with Crippen molar-refractivity contribution in [1.29, 1.82) is 0 Å². The van der Waals surface area contributed by atoms with Gasteiger partial charge in [-0.1, -0.05) is 60.7 Å². The SMILES string of the molecule is CC(C)(C)NC(=O)[C@@H]1CN(Cc2cccnc2)CCN1C[C@H](O)[C@H](F)[C@@H](Cc1ccccc1)C(=O)N[C@H]1c2ccccc2C[C@H]1O. The van der Waals surface area contributed by atoms with Crippen LogP contribution >= 0.6 is 0 Å². The molecule has 4 N–H and O–H groups in total. The molecule has 0 unspecified atom stereocenters. The second kappa shape index (κ2) is 14.8. The van der Waals surface area contributed by atoms with E-state index in [4.69, 9.17) is 0 Å². The van der Waals surface area contributed by atoms with Crippen LogP contribution in [0.3, 0.4) is 0 Å². The summed E-state index contributed by atoms with van der Waals surface area (Å²) in [5.74, 6) is -1.98. The van der Waals surface area contributed by atoms with Crippen LogP contribution in [0, 0.1) is 5.92 Å². The molecule has 2 heterocycles. The third-order valence-electron chi connectivity index (χ3n) is 8.82. The van der Waals surface area contributed by atoms with E-state index in [1.807, 2.05) is 92.4 Å². The van der Waals surface area contributed by atoms with Gasteiger partial charge in [0.25, 0.3) is 0 Å². The van der Waals surface area contributed by atoms with Gasteiger partial charge in [0.1, 0.15) is 12.2 Å². The van der Waals surface area contributed by atoms with E-state index in [1.165, 1.54) is 0 Å². The lowest BCUT2D eigenvalue weighted by atomic mass is 9.90. The lowest BCUT2D eigenvalue weighted by Crippen LogP contribution is -2.62. The third kappa shape index (κ3) is 8.55. The number of β-amino-alcohol motifs (C(OH)–C–C–N with tert-alkyl or cyclic N) is 1. The first-order chi connectivity index (χ1) is 22.0. The number of alkyl halides is 1. The number of aliphatic hydroxyl groups excluding tert-OH is 2. The Morgan fingerprint density at radius 3 is 2.46 bits per heavy atom. The van der Waals surface area contributed by atoms with Crippen LogP contribution in [0.2, 0.25) is 0 Å². The second-order valence-electron chi connectivity index (χ2n) is 13.6. The predicted octanol–water partition coefficient (Wildman–Crippen LogP) is 2.81. The van der Waals surface area contributed by atoms with Gasteiger partial charge in [-0.25, -0.2) is 4.39 Å². The summed E-state index contributed by atoms with van der Waals surface area (Å²) in [7, 11) is 0. The van der Waals surface area contributed by atoms with Crippen molar-refractivity contribution < 1.29 is 24.2 Å². The Balaban J connectivity index is 1.32. The molecular weight excluding hydrogens is 585 g/mol. The average Bonchev–Trinajstić information content (AvgIpc) is 3.34. The van der Waals surface area contributed by atoms with Crippen LogP contribution in [0.5, 0.6) is 0 Å². The molecule has 0 saturated carbocycles. The van der Waals surface area contributed by atoms with Gasteiger partial charge in [0.2, 0.25) is 11.8 Å². The summed E-state index contributed by atoms with van der Waals surface area (Å²) in [4.78, 5) is 35.5. The lowest BCUT2D eigenvalue weighted by molar-refractivity contribution is -0.135. The Kier molecular flexibility index (Phi) is 10.8. The number of piperazine rings is 1. The Labute approximate surface area is 270 Å². The zero-order valence-corrected chi connectivity index (χ0v) is 26.8. The fourth-order valence-corrected chi connectivity index (χ4v) is 6.53. The molecule has 1 aliphatic carbocycles. The molecule has 1 fully saturated rings. The smallest absolute Gasteiger partial charge is 0.239 e. The Bertz CT molecular complexity index is 1450. The number of nitrogens with one attached hydrogen (secondary N) is 2. The standard InChI is InChI=1S/C36H46FN5O4/c1-36(2,3)40-35(46)29-22-41(21-25-12-9-15-38-20-25)16-17-42(29)23-31(44)32(37)28(18-24-10-5-4-6-11-24)34(45)39-33-27-14-8-7-13-26(27)19-30(33)43/h4-15,20,28-33,43-44H,16-19,21-23H2,1-3H3,(H,39,45)(H,40,46)/t28-,29+,30-,31+,32-,33+/m1/s1. The maximum absolute atomic E-state index is 16.5. The number of benzene rings is 2. The normalized spacial score (nSPS) is 22.4. The number of amides is 2. The van der Waals surface area contributed by atoms with Gasteiger partial charge >= 0.3 is 0 Å². The first kappa shape index (κ1) is 33.7. The number of hydrogen-bond acceptors (Lipinski definition) is 7. The summed E-state index contributed by atoms with van der Waals surface area (Å²) < 4.78 is 16.5. The largest absolute Gasteiger partial charge is 0.390 e. The first-order valence-electron chi connectivity index (χ1n) is 16.1.